The molecule has 2 aliphatic heterocycles. The molecule has 2 aliphatic rings. The molecule has 1 N–H and O–H groups in total. The highest BCUT2D eigenvalue weighted by Gasteiger charge is 2.45. The third-order valence-corrected chi connectivity index (χ3v) is 4.75. The van der Waals surface area contributed by atoms with E-state index < -0.39 is 0 Å². The summed E-state index contributed by atoms with van der Waals surface area (Å²) in [6, 6.07) is 10.5. The van der Waals surface area contributed by atoms with Gasteiger partial charge in [-0.15, -0.1) is 0 Å². The molecule has 4 heterocycles. The summed E-state index contributed by atoms with van der Waals surface area (Å²) < 4.78 is 6.21. The number of anilines is 1. The number of nitrogens with one attached hydrogen (secondary N) is 1. The van der Waals surface area contributed by atoms with Gasteiger partial charge in [0.25, 0.3) is 0 Å². The van der Waals surface area contributed by atoms with E-state index in [0.717, 1.165) is 50.5 Å². The molecule has 2 saturated heterocycles. The first-order valence-electron chi connectivity index (χ1n) is 8.24. The van der Waals surface area contributed by atoms with Crippen LogP contribution in [0.1, 0.15) is 18.5 Å². The van der Waals surface area contributed by atoms with Gasteiger partial charge in [-0.3, -0.25) is 14.9 Å². The quantitative estimate of drug-likeness (QED) is 0.939. The summed E-state index contributed by atoms with van der Waals surface area (Å²) in [5.41, 5.74) is 2.21. The predicted octanol–water partition coefficient (Wildman–Crippen LogP) is 2.32. The Labute approximate surface area is 136 Å². The van der Waals surface area contributed by atoms with Gasteiger partial charge < -0.3 is 10.1 Å². The van der Waals surface area contributed by atoms with Crippen LogP contribution in [0.5, 0.6) is 0 Å². The molecule has 0 radical (unpaired) electrons. The van der Waals surface area contributed by atoms with Crippen LogP contribution in [-0.2, 0) is 11.3 Å². The van der Waals surface area contributed by atoms with Crippen LogP contribution in [0.25, 0.3) is 0 Å². The fraction of sp³-hybridized carbons (Fsp3) is 0.444. The lowest BCUT2D eigenvalue weighted by atomic mass is 9.97. The summed E-state index contributed by atoms with van der Waals surface area (Å²) in [7, 11) is 0. The molecule has 120 valence electrons. The summed E-state index contributed by atoms with van der Waals surface area (Å²) in [6.07, 6.45) is 7.68. The highest BCUT2D eigenvalue weighted by Crippen LogP contribution is 2.36. The highest BCUT2D eigenvalue weighted by molar-refractivity contribution is 5.41. The molecular weight excluding hydrogens is 288 g/mol. The van der Waals surface area contributed by atoms with Gasteiger partial charge in [0.2, 0.25) is 0 Å². The number of aromatic nitrogens is 2. The van der Waals surface area contributed by atoms with Crippen LogP contribution in [0.3, 0.4) is 0 Å². The van der Waals surface area contributed by atoms with Gasteiger partial charge in [0, 0.05) is 44.6 Å². The second-order valence-corrected chi connectivity index (χ2v) is 6.56. The number of nitrogens with zero attached hydrogens (tertiary/aromatic N) is 3. The fourth-order valence-electron chi connectivity index (χ4n) is 3.69. The van der Waals surface area contributed by atoms with Crippen molar-refractivity contribution in [2.24, 2.45) is 0 Å². The summed E-state index contributed by atoms with van der Waals surface area (Å²) in [6.45, 7) is 3.75. The molecule has 0 aliphatic carbocycles. The molecule has 0 saturated carbocycles. The number of hydrogen-bond donors (Lipinski definition) is 1. The minimum absolute atomic E-state index is 0.00859. The Morgan fingerprint density at radius 1 is 1.26 bits per heavy atom. The zero-order chi connectivity index (χ0) is 15.5. The third-order valence-electron chi connectivity index (χ3n) is 4.75. The van der Waals surface area contributed by atoms with E-state index in [2.05, 4.69) is 32.3 Å². The highest BCUT2D eigenvalue weighted by atomic mass is 16.5. The zero-order valence-electron chi connectivity index (χ0n) is 13.2. The van der Waals surface area contributed by atoms with E-state index >= 15 is 0 Å². The SMILES string of the molecule is c1ccc(CN2CCC3(CC(Nc4cccnc4)CO3)C2)nc1. The van der Waals surface area contributed by atoms with Crippen LogP contribution in [0.2, 0.25) is 0 Å². The normalized spacial score (nSPS) is 27.6. The van der Waals surface area contributed by atoms with Crippen molar-refractivity contribution >= 4 is 5.69 Å². The van der Waals surface area contributed by atoms with E-state index in [1.807, 2.05) is 30.6 Å². The van der Waals surface area contributed by atoms with Crippen LogP contribution >= 0.6 is 0 Å². The molecule has 0 aromatic carbocycles. The minimum Gasteiger partial charge on any atom is -0.379 e. The number of likely N-dealkylation sites (tertiary alicyclic amines) is 1. The second-order valence-electron chi connectivity index (χ2n) is 6.56. The van der Waals surface area contributed by atoms with E-state index in [1.165, 1.54) is 0 Å². The van der Waals surface area contributed by atoms with E-state index in [9.17, 15) is 0 Å². The molecule has 0 amide bonds. The molecule has 4 rings (SSSR count). The molecule has 2 fully saturated rings. The van der Waals surface area contributed by atoms with Crippen LogP contribution < -0.4 is 5.32 Å². The predicted molar refractivity (Wildman–Crippen MR) is 89.1 cm³/mol. The molecule has 2 unspecified atom stereocenters. The lowest BCUT2D eigenvalue weighted by Crippen LogP contribution is -2.33. The molecule has 2 atom stereocenters. The van der Waals surface area contributed by atoms with Crippen molar-refractivity contribution in [1.29, 1.82) is 0 Å². The van der Waals surface area contributed by atoms with Crippen LogP contribution in [0.15, 0.2) is 48.9 Å². The number of pyridine rings is 2. The average Bonchev–Trinajstić information content (AvgIpc) is 3.16. The second kappa shape index (κ2) is 6.26. The van der Waals surface area contributed by atoms with Gasteiger partial charge >= 0.3 is 0 Å². The molecular formula is C18H22N4O. The van der Waals surface area contributed by atoms with Gasteiger partial charge in [-0.25, -0.2) is 0 Å². The van der Waals surface area contributed by atoms with Gasteiger partial charge in [0.05, 0.1) is 29.6 Å². The largest absolute Gasteiger partial charge is 0.379 e. The minimum atomic E-state index is 0.00859. The van der Waals surface area contributed by atoms with Gasteiger partial charge in [-0.05, 0) is 30.7 Å². The van der Waals surface area contributed by atoms with E-state index in [0.29, 0.717) is 6.04 Å². The molecule has 2 aromatic heterocycles. The number of hydrogen-bond acceptors (Lipinski definition) is 5. The van der Waals surface area contributed by atoms with Crippen molar-refractivity contribution in [2.75, 3.05) is 25.0 Å². The van der Waals surface area contributed by atoms with Crippen molar-refractivity contribution in [3.05, 3.63) is 54.6 Å². The topological polar surface area (TPSA) is 50.3 Å². The Kier molecular flexibility index (Phi) is 3.97. The van der Waals surface area contributed by atoms with E-state index in [4.69, 9.17) is 4.74 Å². The van der Waals surface area contributed by atoms with Crippen molar-refractivity contribution in [2.45, 2.75) is 31.0 Å². The van der Waals surface area contributed by atoms with E-state index in [-0.39, 0.29) is 5.60 Å². The number of rotatable bonds is 4. The molecule has 23 heavy (non-hydrogen) atoms. The third kappa shape index (κ3) is 3.35. The Bertz CT molecular complexity index is 576. The zero-order valence-corrected chi connectivity index (χ0v) is 13.2. The maximum atomic E-state index is 6.21. The summed E-state index contributed by atoms with van der Waals surface area (Å²) in [5.74, 6) is 0. The monoisotopic (exact) mass is 310 g/mol. The van der Waals surface area contributed by atoms with Gasteiger partial charge in [0.1, 0.15) is 0 Å². The smallest absolute Gasteiger partial charge is 0.0842 e. The molecule has 1 spiro atoms. The van der Waals surface area contributed by atoms with Gasteiger partial charge in [-0.1, -0.05) is 6.07 Å². The Morgan fingerprint density at radius 3 is 3.09 bits per heavy atom. The first-order valence-corrected chi connectivity index (χ1v) is 8.24. The lowest BCUT2D eigenvalue weighted by molar-refractivity contribution is 0.0119. The Hall–Kier alpha value is -1.98. The first kappa shape index (κ1) is 14.6. The standard InChI is InChI=1S/C18H22N4O/c1-2-8-20-16(4-1)12-22-9-6-18(14-22)10-17(13-23-18)21-15-5-3-7-19-11-15/h1-5,7-8,11,17,21H,6,9-10,12-14H2. The van der Waals surface area contributed by atoms with Crippen LogP contribution in [0.4, 0.5) is 5.69 Å². The molecule has 5 nitrogen and oxygen atoms in total. The first-order chi connectivity index (χ1) is 11.3. The lowest BCUT2D eigenvalue weighted by Gasteiger charge is -2.23. The molecule has 5 heteroatoms. The van der Waals surface area contributed by atoms with E-state index in [1.54, 1.807) is 6.20 Å². The van der Waals surface area contributed by atoms with Crippen LogP contribution in [0, 0.1) is 0 Å². The summed E-state index contributed by atoms with van der Waals surface area (Å²) in [4.78, 5) is 11.0. The Morgan fingerprint density at radius 2 is 2.26 bits per heavy atom. The maximum Gasteiger partial charge on any atom is 0.0842 e. The average molecular weight is 310 g/mol. The van der Waals surface area contributed by atoms with Gasteiger partial charge in [0.15, 0.2) is 0 Å². The van der Waals surface area contributed by atoms with Gasteiger partial charge in [-0.2, -0.15) is 0 Å². The number of ether oxygens (including phenoxy) is 1. The summed E-state index contributed by atoms with van der Waals surface area (Å²) >= 11 is 0. The maximum absolute atomic E-state index is 6.21. The Balaban J connectivity index is 1.34. The van der Waals surface area contributed by atoms with Crippen molar-refractivity contribution in [3.63, 3.8) is 0 Å². The van der Waals surface area contributed by atoms with Crippen molar-refractivity contribution < 1.29 is 4.74 Å². The van der Waals surface area contributed by atoms with Crippen LogP contribution in [-0.4, -0.2) is 46.2 Å². The summed E-state index contributed by atoms with van der Waals surface area (Å²) in [5, 5.41) is 3.54. The van der Waals surface area contributed by atoms with Crippen molar-refractivity contribution in [3.8, 4) is 0 Å². The fourth-order valence-corrected chi connectivity index (χ4v) is 3.69. The molecule has 2 aromatic rings. The van der Waals surface area contributed by atoms with Crippen molar-refractivity contribution in [1.82, 2.24) is 14.9 Å². The molecule has 0 bridgehead atoms.